The topological polar surface area (TPSA) is 52.3 Å². The van der Waals surface area contributed by atoms with Crippen molar-refractivity contribution in [3.05, 3.63) is 28.8 Å². The lowest BCUT2D eigenvalue weighted by Gasteiger charge is -2.15. The van der Waals surface area contributed by atoms with Gasteiger partial charge in [0, 0.05) is 17.5 Å². The van der Waals surface area contributed by atoms with E-state index >= 15 is 0 Å². The third-order valence-electron chi connectivity index (χ3n) is 3.71. The molecular formula is C14H19NO2. The summed E-state index contributed by atoms with van der Waals surface area (Å²) in [5, 5.41) is 0. The van der Waals surface area contributed by atoms with E-state index in [0.717, 1.165) is 35.3 Å². The maximum Gasteiger partial charge on any atom is 0.170 e. The van der Waals surface area contributed by atoms with Crippen molar-refractivity contribution in [1.29, 1.82) is 0 Å². The Morgan fingerprint density at radius 3 is 2.47 bits per heavy atom. The molecule has 92 valence electrons. The molecule has 1 fully saturated rings. The van der Waals surface area contributed by atoms with Crippen LogP contribution in [0.1, 0.15) is 34.3 Å². The van der Waals surface area contributed by atoms with E-state index in [1.807, 2.05) is 26.0 Å². The van der Waals surface area contributed by atoms with Gasteiger partial charge in [0.1, 0.15) is 5.75 Å². The predicted octanol–water partition coefficient (Wildman–Crippen LogP) is 2.23. The molecule has 0 aliphatic heterocycles. The largest absolute Gasteiger partial charge is 0.496 e. The molecule has 1 aliphatic rings. The van der Waals surface area contributed by atoms with Crippen LogP contribution < -0.4 is 10.5 Å². The fourth-order valence-corrected chi connectivity index (χ4v) is 2.21. The van der Waals surface area contributed by atoms with Crippen molar-refractivity contribution in [3.8, 4) is 5.75 Å². The van der Waals surface area contributed by atoms with Crippen molar-refractivity contribution in [1.82, 2.24) is 0 Å². The van der Waals surface area contributed by atoms with E-state index in [4.69, 9.17) is 10.5 Å². The van der Waals surface area contributed by atoms with E-state index < -0.39 is 0 Å². The van der Waals surface area contributed by atoms with Crippen molar-refractivity contribution in [2.24, 2.45) is 11.1 Å². The highest BCUT2D eigenvalue weighted by Gasteiger charge is 2.48. The Labute approximate surface area is 102 Å². The molecule has 2 N–H and O–H groups in total. The van der Waals surface area contributed by atoms with Crippen molar-refractivity contribution >= 4 is 5.78 Å². The number of Topliss-reactive ketones (excluding diaryl/α,β-unsaturated/α-hetero) is 1. The molecule has 0 unspecified atom stereocenters. The number of hydrogen-bond acceptors (Lipinski definition) is 3. The van der Waals surface area contributed by atoms with Gasteiger partial charge in [0.05, 0.1) is 7.11 Å². The van der Waals surface area contributed by atoms with Gasteiger partial charge in [-0.1, -0.05) is 0 Å². The molecule has 1 aromatic rings. The highest BCUT2D eigenvalue weighted by molar-refractivity contribution is 6.03. The summed E-state index contributed by atoms with van der Waals surface area (Å²) in [6.07, 6.45) is 1.85. The van der Waals surface area contributed by atoms with Crippen LogP contribution >= 0.6 is 0 Å². The Bertz CT molecular complexity index is 462. The standard InChI is InChI=1S/C14H19NO2/c1-9-7-12(17-3)10(2)6-11(9)13(16)14(8-15)4-5-14/h6-7H,4-5,8,15H2,1-3H3. The summed E-state index contributed by atoms with van der Waals surface area (Å²) in [6.45, 7) is 4.36. The first kappa shape index (κ1) is 12.1. The van der Waals surface area contributed by atoms with Gasteiger partial charge >= 0.3 is 0 Å². The normalized spacial score (nSPS) is 16.7. The number of ether oxygens (including phenoxy) is 1. The lowest BCUT2D eigenvalue weighted by atomic mass is 9.91. The number of aryl methyl sites for hydroxylation is 2. The first-order chi connectivity index (χ1) is 8.04. The molecule has 3 heteroatoms. The zero-order chi connectivity index (χ0) is 12.6. The Hall–Kier alpha value is -1.35. The first-order valence-corrected chi connectivity index (χ1v) is 5.94. The third kappa shape index (κ3) is 1.95. The van der Waals surface area contributed by atoms with Gasteiger partial charge in [0.2, 0.25) is 0 Å². The molecule has 0 saturated heterocycles. The molecule has 1 aromatic carbocycles. The van der Waals surface area contributed by atoms with Gasteiger partial charge in [-0.25, -0.2) is 0 Å². The molecule has 0 amide bonds. The maximum atomic E-state index is 12.4. The molecule has 1 aliphatic carbocycles. The SMILES string of the molecule is COc1cc(C)c(C(=O)C2(CN)CC2)cc1C. The summed E-state index contributed by atoms with van der Waals surface area (Å²) in [5.41, 5.74) is 8.20. The third-order valence-corrected chi connectivity index (χ3v) is 3.71. The van der Waals surface area contributed by atoms with Crippen molar-refractivity contribution in [2.75, 3.05) is 13.7 Å². The van der Waals surface area contributed by atoms with Gasteiger partial charge < -0.3 is 10.5 Å². The fraction of sp³-hybridized carbons (Fsp3) is 0.500. The molecule has 0 bridgehead atoms. The summed E-state index contributed by atoms with van der Waals surface area (Å²) in [7, 11) is 1.64. The number of hydrogen-bond donors (Lipinski definition) is 1. The van der Waals surface area contributed by atoms with Crippen LogP contribution in [-0.4, -0.2) is 19.4 Å². The molecular weight excluding hydrogens is 214 g/mol. The summed E-state index contributed by atoms with van der Waals surface area (Å²) in [6, 6.07) is 3.85. The molecule has 0 spiro atoms. The number of carbonyl (C=O) groups excluding carboxylic acids is 1. The molecule has 0 aromatic heterocycles. The van der Waals surface area contributed by atoms with Gasteiger partial charge in [0.25, 0.3) is 0 Å². The minimum Gasteiger partial charge on any atom is -0.496 e. The number of nitrogens with two attached hydrogens (primary N) is 1. The summed E-state index contributed by atoms with van der Waals surface area (Å²) in [5.74, 6) is 1.03. The van der Waals surface area contributed by atoms with Crippen LogP contribution in [-0.2, 0) is 0 Å². The van der Waals surface area contributed by atoms with Crippen LogP contribution in [0, 0.1) is 19.3 Å². The Balaban J connectivity index is 2.40. The molecule has 0 heterocycles. The smallest absolute Gasteiger partial charge is 0.170 e. The van der Waals surface area contributed by atoms with E-state index in [9.17, 15) is 4.79 Å². The van der Waals surface area contributed by atoms with E-state index in [0.29, 0.717) is 6.54 Å². The molecule has 0 radical (unpaired) electrons. The lowest BCUT2D eigenvalue weighted by Crippen LogP contribution is -2.26. The first-order valence-electron chi connectivity index (χ1n) is 5.94. The van der Waals surface area contributed by atoms with E-state index in [2.05, 4.69) is 0 Å². The van der Waals surface area contributed by atoms with Gasteiger partial charge in [0.15, 0.2) is 5.78 Å². The summed E-state index contributed by atoms with van der Waals surface area (Å²) < 4.78 is 5.25. The van der Waals surface area contributed by atoms with Gasteiger partial charge in [-0.05, 0) is 49.9 Å². The zero-order valence-electron chi connectivity index (χ0n) is 10.7. The van der Waals surface area contributed by atoms with Gasteiger partial charge in [-0.3, -0.25) is 4.79 Å². The number of carbonyl (C=O) groups is 1. The number of benzene rings is 1. The van der Waals surface area contributed by atoms with E-state index in [1.54, 1.807) is 7.11 Å². The summed E-state index contributed by atoms with van der Waals surface area (Å²) in [4.78, 5) is 12.4. The highest BCUT2D eigenvalue weighted by atomic mass is 16.5. The van der Waals surface area contributed by atoms with Gasteiger partial charge in [-0.15, -0.1) is 0 Å². The fourth-order valence-electron chi connectivity index (χ4n) is 2.21. The van der Waals surface area contributed by atoms with Crippen LogP contribution in [0.15, 0.2) is 12.1 Å². The van der Waals surface area contributed by atoms with Crippen LogP contribution in [0.2, 0.25) is 0 Å². The van der Waals surface area contributed by atoms with E-state index in [1.165, 1.54) is 0 Å². The monoisotopic (exact) mass is 233 g/mol. The van der Waals surface area contributed by atoms with Crippen LogP contribution in [0.5, 0.6) is 5.75 Å². The molecule has 0 atom stereocenters. The number of methoxy groups -OCH3 is 1. The Morgan fingerprint density at radius 2 is 2.00 bits per heavy atom. The molecule has 17 heavy (non-hydrogen) atoms. The maximum absolute atomic E-state index is 12.4. The molecule has 1 saturated carbocycles. The average Bonchev–Trinajstić information content (AvgIpc) is 3.11. The molecule has 3 nitrogen and oxygen atoms in total. The van der Waals surface area contributed by atoms with Crippen LogP contribution in [0.4, 0.5) is 0 Å². The quantitative estimate of drug-likeness (QED) is 0.811. The minimum atomic E-state index is -0.272. The second-order valence-electron chi connectivity index (χ2n) is 4.95. The summed E-state index contributed by atoms with van der Waals surface area (Å²) >= 11 is 0. The second-order valence-corrected chi connectivity index (χ2v) is 4.95. The zero-order valence-corrected chi connectivity index (χ0v) is 10.7. The second kappa shape index (κ2) is 4.15. The van der Waals surface area contributed by atoms with E-state index in [-0.39, 0.29) is 11.2 Å². The van der Waals surface area contributed by atoms with Crippen molar-refractivity contribution in [2.45, 2.75) is 26.7 Å². The van der Waals surface area contributed by atoms with Crippen molar-refractivity contribution < 1.29 is 9.53 Å². The van der Waals surface area contributed by atoms with Crippen molar-refractivity contribution in [3.63, 3.8) is 0 Å². The number of ketones is 1. The minimum absolute atomic E-state index is 0.197. The lowest BCUT2D eigenvalue weighted by molar-refractivity contribution is 0.0905. The van der Waals surface area contributed by atoms with Crippen LogP contribution in [0.3, 0.4) is 0 Å². The van der Waals surface area contributed by atoms with Gasteiger partial charge in [-0.2, -0.15) is 0 Å². The Morgan fingerprint density at radius 1 is 1.35 bits per heavy atom. The highest BCUT2D eigenvalue weighted by Crippen LogP contribution is 2.47. The predicted molar refractivity (Wildman–Crippen MR) is 67.5 cm³/mol. The molecule has 2 rings (SSSR count). The van der Waals surface area contributed by atoms with Crippen LogP contribution in [0.25, 0.3) is 0 Å². The Kier molecular flexibility index (Phi) is 2.96. The average molecular weight is 233 g/mol. The number of rotatable bonds is 4.